The monoisotopic (exact) mass is 252 g/mol. The molecular formula is C12H16N2O4. The predicted molar refractivity (Wildman–Crippen MR) is 66.2 cm³/mol. The van der Waals surface area contributed by atoms with Crippen molar-refractivity contribution in [3.63, 3.8) is 0 Å². The molecule has 18 heavy (non-hydrogen) atoms. The highest BCUT2D eigenvalue weighted by atomic mass is 16.6. The summed E-state index contributed by atoms with van der Waals surface area (Å²) in [5.41, 5.74) is 5.16. The highest BCUT2D eigenvalue weighted by Gasteiger charge is 2.21. The molecular weight excluding hydrogens is 236 g/mol. The van der Waals surface area contributed by atoms with E-state index in [-0.39, 0.29) is 5.69 Å². The van der Waals surface area contributed by atoms with Crippen LogP contribution in [0.3, 0.4) is 0 Å². The van der Waals surface area contributed by atoms with E-state index >= 15 is 0 Å². The van der Waals surface area contributed by atoms with Gasteiger partial charge in [-0.2, -0.15) is 0 Å². The van der Waals surface area contributed by atoms with Gasteiger partial charge in [0.05, 0.1) is 4.92 Å². The van der Waals surface area contributed by atoms with Crippen LogP contribution in [0.15, 0.2) is 24.3 Å². The Kier molecular flexibility index (Phi) is 4.25. The number of rotatable bonds is 5. The zero-order chi connectivity index (χ0) is 13.8. The van der Waals surface area contributed by atoms with Crippen molar-refractivity contribution in [1.29, 1.82) is 0 Å². The first kappa shape index (κ1) is 14.0. The minimum atomic E-state index is -0.820. The molecule has 6 nitrogen and oxygen atoms in total. The smallest absolute Gasteiger partial charge is 0.405 e. The lowest BCUT2D eigenvalue weighted by molar-refractivity contribution is -0.384. The van der Waals surface area contributed by atoms with Crippen LogP contribution in [0.4, 0.5) is 10.5 Å². The van der Waals surface area contributed by atoms with E-state index in [0.717, 1.165) is 5.56 Å². The maximum atomic E-state index is 10.7. The topological polar surface area (TPSA) is 95.5 Å². The second-order valence-electron chi connectivity index (χ2n) is 4.61. The molecule has 1 amide bonds. The predicted octanol–water partition coefficient (Wildman–Crippen LogP) is 2.40. The molecule has 0 fully saturated rings. The van der Waals surface area contributed by atoms with Crippen LogP contribution in [-0.2, 0) is 11.2 Å². The summed E-state index contributed by atoms with van der Waals surface area (Å²) in [6.07, 6.45) is 0.290. The Morgan fingerprint density at radius 3 is 2.72 bits per heavy atom. The number of benzene rings is 1. The summed E-state index contributed by atoms with van der Waals surface area (Å²) in [5.74, 6) is 0. The second kappa shape index (κ2) is 5.48. The third-order valence-corrected chi connectivity index (χ3v) is 2.51. The van der Waals surface area contributed by atoms with Crippen LogP contribution in [0.2, 0.25) is 0 Å². The molecule has 0 heterocycles. The van der Waals surface area contributed by atoms with E-state index in [2.05, 4.69) is 0 Å². The van der Waals surface area contributed by atoms with E-state index in [1.807, 2.05) is 0 Å². The van der Waals surface area contributed by atoms with Gasteiger partial charge in [-0.1, -0.05) is 12.1 Å². The van der Waals surface area contributed by atoms with E-state index in [0.29, 0.717) is 12.8 Å². The molecule has 0 saturated heterocycles. The molecule has 0 spiro atoms. The highest BCUT2D eigenvalue weighted by molar-refractivity contribution is 5.65. The fraction of sp³-hybridized carbons (Fsp3) is 0.417. The number of nitro groups is 1. The summed E-state index contributed by atoms with van der Waals surface area (Å²) in [6.45, 7) is 3.49. The van der Waals surface area contributed by atoms with Crippen LogP contribution >= 0.6 is 0 Å². The first-order valence-electron chi connectivity index (χ1n) is 5.52. The lowest BCUT2D eigenvalue weighted by Gasteiger charge is -2.23. The average Bonchev–Trinajstić information content (AvgIpc) is 2.25. The van der Waals surface area contributed by atoms with E-state index in [1.165, 1.54) is 12.1 Å². The largest absolute Gasteiger partial charge is 0.444 e. The summed E-state index contributed by atoms with van der Waals surface area (Å²) < 4.78 is 4.94. The Hall–Kier alpha value is -2.11. The Balaban J connectivity index is 2.66. The molecule has 0 saturated carbocycles. The Morgan fingerprint density at radius 1 is 1.50 bits per heavy atom. The van der Waals surface area contributed by atoms with Gasteiger partial charge >= 0.3 is 6.09 Å². The van der Waals surface area contributed by atoms with Gasteiger partial charge in [0.2, 0.25) is 0 Å². The van der Waals surface area contributed by atoms with Gasteiger partial charge < -0.3 is 10.5 Å². The standard InChI is InChI=1S/C12H16N2O4/c1-12(2,18-11(13)15)7-6-9-4-3-5-10(8-9)14(16)17/h3-5,8H,6-7H2,1-2H3,(H2,13,15). The van der Waals surface area contributed by atoms with Crippen LogP contribution < -0.4 is 5.73 Å². The van der Waals surface area contributed by atoms with Crippen molar-refractivity contribution in [1.82, 2.24) is 0 Å². The summed E-state index contributed by atoms with van der Waals surface area (Å²) >= 11 is 0. The first-order valence-corrected chi connectivity index (χ1v) is 5.52. The van der Waals surface area contributed by atoms with Crippen LogP contribution in [0.1, 0.15) is 25.8 Å². The van der Waals surface area contributed by atoms with E-state index < -0.39 is 16.6 Å². The molecule has 1 aromatic carbocycles. The van der Waals surface area contributed by atoms with Crippen molar-refractivity contribution in [2.45, 2.75) is 32.3 Å². The molecule has 1 aromatic rings. The van der Waals surface area contributed by atoms with Gasteiger partial charge in [-0.05, 0) is 32.3 Å². The fourth-order valence-corrected chi connectivity index (χ4v) is 1.59. The van der Waals surface area contributed by atoms with Crippen LogP contribution in [0.25, 0.3) is 0 Å². The van der Waals surface area contributed by atoms with Crippen LogP contribution in [0, 0.1) is 10.1 Å². The summed E-state index contributed by atoms with van der Waals surface area (Å²) in [7, 11) is 0. The minimum absolute atomic E-state index is 0.0566. The number of hydrogen-bond donors (Lipinski definition) is 1. The number of amides is 1. The SMILES string of the molecule is CC(C)(CCc1cccc([N+](=O)[O-])c1)OC(N)=O. The number of ether oxygens (including phenoxy) is 1. The molecule has 0 radical (unpaired) electrons. The van der Waals surface area contributed by atoms with Crippen LogP contribution in [0.5, 0.6) is 0 Å². The molecule has 2 N–H and O–H groups in total. The molecule has 0 aliphatic heterocycles. The molecule has 6 heteroatoms. The number of non-ortho nitro benzene ring substituents is 1. The normalized spacial score (nSPS) is 11.0. The molecule has 0 atom stereocenters. The molecule has 0 unspecified atom stereocenters. The van der Waals surface area contributed by atoms with Gasteiger partial charge in [-0.3, -0.25) is 10.1 Å². The molecule has 0 aromatic heterocycles. The number of nitrogens with two attached hydrogens (primary N) is 1. The number of primary amides is 1. The number of nitrogens with zero attached hydrogens (tertiary/aromatic N) is 1. The zero-order valence-electron chi connectivity index (χ0n) is 10.4. The van der Waals surface area contributed by atoms with Crippen molar-refractivity contribution < 1.29 is 14.5 Å². The number of hydrogen-bond acceptors (Lipinski definition) is 4. The Labute approximate surface area is 105 Å². The van der Waals surface area contributed by atoms with Crippen LogP contribution in [-0.4, -0.2) is 16.6 Å². The first-order chi connectivity index (χ1) is 8.30. The lowest BCUT2D eigenvalue weighted by atomic mass is 9.98. The molecule has 0 bridgehead atoms. The maximum Gasteiger partial charge on any atom is 0.405 e. The quantitative estimate of drug-likeness (QED) is 0.642. The summed E-state index contributed by atoms with van der Waals surface area (Å²) in [6, 6.07) is 6.39. The van der Waals surface area contributed by atoms with E-state index in [1.54, 1.807) is 26.0 Å². The summed E-state index contributed by atoms with van der Waals surface area (Å²) in [5, 5.41) is 10.6. The summed E-state index contributed by atoms with van der Waals surface area (Å²) in [4.78, 5) is 20.9. The second-order valence-corrected chi connectivity index (χ2v) is 4.61. The van der Waals surface area contributed by atoms with Crippen molar-refractivity contribution >= 4 is 11.8 Å². The van der Waals surface area contributed by atoms with Gasteiger partial charge in [0.1, 0.15) is 5.60 Å². The molecule has 1 rings (SSSR count). The van der Waals surface area contributed by atoms with E-state index in [9.17, 15) is 14.9 Å². The van der Waals surface area contributed by atoms with Gasteiger partial charge in [-0.15, -0.1) is 0 Å². The number of nitro benzene ring substituents is 1. The third kappa shape index (κ3) is 4.40. The van der Waals surface area contributed by atoms with Crippen molar-refractivity contribution in [3.05, 3.63) is 39.9 Å². The van der Waals surface area contributed by atoms with Crippen molar-refractivity contribution in [2.24, 2.45) is 5.73 Å². The van der Waals surface area contributed by atoms with E-state index in [4.69, 9.17) is 10.5 Å². The Bertz CT molecular complexity index is 457. The third-order valence-electron chi connectivity index (χ3n) is 2.51. The number of carbonyl (C=O) groups excluding carboxylic acids is 1. The molecule has 0 aliphatic rings. The van der Waals surface area contributed by atoms with Crippen molar-refractivity contribution in [2.75, 3.05) is 0 Å². The lowest BCUT2D eigenvalue weighted by Crippen LogP contribution is -2.31. The van der Waals surface area contributed by atoms with Crippen molar-refractivity contribution in [3.8, 4) is 0 Å². The van der Waals surface area contributed by atoms with Gasteiger partial charge in [0.15, 0.2) is 0 Å². The maximum absolute atomic E-state index is 10.7. The Morgan fingerprint density at radius 2 is 2.17 bits per heavy atom. The molecule has 0 aliphatic carbocycles. The van der Waals surface area contributed by atoms with Gasteiger partial charge in [0.25, 0.3) is 5.69 Å². The van der Waals surface area contributed by atoms with Gasteiger partial charge in [-0.25, -0.2) is 4.79 Å². The zero-order valence-corrected chi connectivity index (χ0v) is 10.4. The van der Waals surface area contributed by atoms with Gasteiger partial charge in [0, 0.05) is 12.1 Å². The number of carbonyl (C=O) groups is 1. The molecule has 98 valence electrons. The minimum Gasteiger partial charge on any atom is -0.444 e. The highest BCUT2D eigenvalue weighted by Crippen LogP contribution is 2.20. The number of aryl methyl sites for hydroxylation is 1. The average molecular weight is 252 g/mol. The fourth-order valence-electron chi connectivity index (χ4n) is 1.59.